The van der Waals surface area contributed by atoms with Crippen LogP contribution >= 0.6 is 0 Å². The number of fused-ring (bicyclic) bond motifs is 1. The molecule has 3 aromatic rings. The first-order valence-corrected chi connectivity index (χ1v) is 10.3. The number of aromatic nitrogens is 2. The molecular formula is C24H31N3O3. The first-order chi connectivity index (χ1) is 14.4. The average Bonchev–Trinajstić information content (AvgIpc) is 3.16. The number of rotatable bonds is 9. The molecule has 160 valence electrons. The Hall–Kier alpha value is -3.02. The Morgan fingerprint density at radius 3 is 2.50 bits per heavy atom. The van der Waals surface area contributed by atoms with Gasteiger partial charge in [0, 0.05) is 37.3 Å². The molecule has 0 aliphatic rings. The lowest BCUT2D eigenvalue weighted by atomic mass is 9.91. The molecule has 0 aliphatic carbocycles. The second-order valence-corrected chi connectivity index (χ2v) is 8.00. The number of carbonyl (C=O) groups excluding carboxylic acids is 1. The Balaban J connectivity index is 2.01. The minimum atomic E-state index is -0.190. The number of nitrogens with one attached hydrogen (secondary N) is 1. The maximum atomic E-state index is 12.8. The summed E-state index contributed by atoms with van der Waals surface area (Å²) in [5.41, 5.74) is 3.90. The van der Waals surface area contributed by atoms with E-state index in [1.807, 2.05) is 49.6 Å². The summed E-state index contributed by atoms with van der Waals surface area (Å²) in [5, 5.41) is 3.06. The van der Waals surface area contributed by atoms with E-state index < -0.39 is 0 Å². The van der Waals surface area contributed by atoms with E-state index in [1.165, 1.54) is 0 Å². The molecule has 1 atom stereocenters. The molecule has 2 heterocycles. The zero-order chi connectivity index (χ0) is 21.7. The van der Waals surface area contributed by atoms with Crippen molar-refractivity contribution in [3.8, 4) is 11.5 Å². The van der Waals surface area contributed by atoms with Crippen molar-refractivity contribution in [2.75, 3.05) is 20.8 Å². The summed E-state index contributed by atoms with van der Waals surface area (Å²) >= 11 is 0. The number of amides is 1. The minimum absolute atomic E-state index is 0.0186. The number of methoxy groups -OCH3 is 2. The fraction of sp³-hybridized carbons (Fsp3) is 0.417. The van der Waals surface area contributed by atoms with Crippen LogP contribution in [-0.4, -0.2) is 36.1 Å². The molecule has 2 aromatic heterocycles. The lowest BCUT2D eigenvalue weighted by molar-refractivity contribution is -0.121. The van der Waals surface area contributed by atoms with Crippen molar-refractivity contribution in [2.24, 2.45) is 5.92 Å². The third-order valence-electron chi connectivity index (χ3n) is 5.33. The van der Waals surface area contributed by atoms with Crippen molar-refractivity contribution in [1.82, 2.24) is 14.7 Å². The zero-order valence-electron chi connectivity index (χ0n) is 18.4. The Kier molecular flexibility index (Phi) is 6.98. The van der Waals surface area contributed by atoms with E-state index in [2.05, 4.69) is 28.5 Å². The van der Waals surface area contributed by atoms with Crippen molar-refractivity contribution < 1.29 is 14.3 Å². The highest BCUT2D eigenvalue weighted by Gasteiger charge is 2.23. The topological polar surface area (TPSA) is 64.9 Å². The second kappa shape index (κ2) is 9.65. The van der Waals surface area contributed by atoms with Crippen LogP contribution in [-0.2, 0) is 4.79 Å². The molecule has 3 rings (SSSR count). The molecule has 1 amide bonds. The Labute approximate surface area is 178 Å². The molecule has 0 saturated carbocycles. The predicted molar refractivity (Wildman–Crippen MR) is 118 cm³/mol. The van der Waals surface area contributed by atoms with Crippen LogP contribution in [0.1, 0.15) is 49.4 Å². The van der Waals surface area contributed by atoms with Crippen LogP contribution in [0, 0.1) is 12.8 Å². The fourth-order valence-corrected chi connectivity index (χ4v) is 3.61. The highest BCUT2D eigenvalue weighted by atomic mass is 16.5. The number of hydrogen-bond donors (Lipinski definition) is 1. The number of aryl methyl sites for hydroxylation is 1. The van der Waals surface area contributed by atoms with Crippen LogP contribution in [0.3, 0.4) is 0 Å². The number of ether oxygens (including phenoxy) is 2. The number of pyridine rings is 1. The van der Waals surface area contributed by atoms with Crippen LogP contribution in [0.2, 0.25) is 0 Å². The largest absolute Gasteiger partial charge is 0.497 e. The van der Waals surface area contributed by atoms with Crippen molar-refractivity contribution in [3.05, 3.63) is 59.5 Å². The lowest BCUT2D eigenvalue weighted by Crippen LogP contribution is -2.27. The number of hydrogen-bond acceptors (Lipinski definition) is 4. The highest BCUT2D eigenvalue weighted by Crippen LogP contribution is 2.34. The summed E-state index contributed by atoms with van der Waals surface area (Å²) in [5.74, 6) is 1.76. The first-order valence-electron chi connectivity index (χ1n) is 10.3. The third-order valence-corrected chi connectivity index (χ3v) is 5.33. The Bertz CT molecular complexity index is 988. The van der Waals surface area contributed by atoms with E-state index >= 15 is 0 Å². The molecule has 30 heavy (non-hydrogen) atoms. The molecule has 6 heteroatoms. The second-order valence-electron chi connectivity index (χ2n) is 8.00. The molecule has 0 fully saturated rings. The summed E-state index contributed by atoms with van der Waals surface area (Å²) in [4.78, 5) is 17.4. The average molecular weight is 410 g/mol. The first kappa shape index (κ1) is 21.7. The van der Waals surface area contributed by atoms with E-state index in [9.17, 15) is 4.79 Å². The normalized spacial score (nSPS) is 12.2. The van der Waals surface area contributed by atoms with E-state index in [-0.39, 0.29) is 11.8 Å². The lowest BCUT2D eigenvalue weighted by Gasteiger charge is -2.19. The third kappa shape index (κ3) is 4.93. The fourth-order valence-electron chi connectivity index (χ4n) is 3.61. The van der Waals surface area contributed by atoms with E-state index in [0.717, 1.165) is 28.9 Å². The van der Waals surface area contributed by atoms with Gasteiger partial charge in [-0.25, -0.2) is 4.98 Å². The number of benzene rings is 1. The van der Waals surface area contributed by atoms with Crippen LogP contribution in [0.25, 0.3) is 5.65 Å². The molecule has 6 nitrogen and oxygen atoms in total. The molecule has 0 saturated heterocycles. The van der Waals surface area contributed by atoms with Gasteiger partial charge in [0.25, 0.3) is 0 Å². The number of imidazole rings is 1. The quantitative estimate of drug-likeness (QED) is 0.571. The van der Waals surface area contributed by atoms with Gasteiger partial charge in [0.05, 0.1) is 19.9 Å². The van der Waals surface area contributed by atoms with E-state index in [0.29, 0.717) is 30.4 Å². The van der Waals surface area contributed by atoms with Crippen molar-refractivity contribution in [1.29, 1.82) is 0 Å². The van der Waals surface area contributed by atoms with E-state index in [4.69, 9.17) is 9.47 Å². The standard InChI is InChI=1S/C24H31N3O3/c1-16(2)8-9-25-23(28)14-21(18-11-19(29-4)13-20(12-18)30-5)22-15-26-24-17(3)7-6-10-27(22)24/h6-7,10-13,15-16,21H,8-9,14H2,1-5H3,(H,25,28). The molecule has 0 bridgehead atoms. The zero-order valence-corrected chi connectivity index (χ0v) is 18.4. The van der Waals surface area contributed by atoms with Gasteiger partial charge in [0.2, 0.25) is 5.91 Å². The van der Waals surface area contributed by atoms with Gasteiger partial charge in [-0.15, -0.1) is 0 Å². The van der Waals surface area contributed by atoms with Gasteiger partial charge in [0.15, 0.2) is 0 Å². The Morgan fingerprint density at radius 1 is 1.17 bits per heavy atom. The number of carbonyl (C=O) groups is 1. The molecule has 0 spiro atoms. The molecule has 0 aliphatic heterocycles. The van der Waals surface area contributed by atoms with Crippen molar-refractivity contribution in [2.45, 2.75) is 39.5 Å². The van der Waals surface area contributed by atoms with Gasteiger partial charge in [-0.3, -0.25) is 4.79 Å². The molecular weight excluding hydrogens is 378 g/mol. The predicted octanol–water partition coefficient (Wildman–Crippen LogP) is 4.34. The van der Waals surface area contributed by atoms with Gasteiger partial charge in [-0.1, -0.05) is 19.9 Å². The summed E-state index contributed by atoms with van der Waals surface area (Å²) in [6, 6.07) is 9.79. The minimum Gasteiger partial charge on any atom is -0.497 e. The maximum Gasteiger partial charge on any atom is 0.221 e. The maximum absolute atomic E-state index is 12.8. The van der Waals surface area contributed by atoms with Gasteiger partial charge >= 0.3 is 0 Å². The van der Waals surface area contributed by atoms with Gasteiger partial charge < -0.3 is 19.2 Å². The molecule has 1 unspecified atom stereocenters. The monoisotopic (exact) mass is 409 g/mol. The molecule has 1 aromatic carbocycles. The highest BCUT2D eigenvalue weighted by molar-refractivity contribution is 5.77. The van der Waals surface area contributed by atoms with Crippen LogP contribution < -0.4 is 14.8 Å². The van der Waals surface area contributed by atoms with Crippen LogP contribution in [0.4, 0.5) is 0 Å². The number of nitrogens with zero attached hydrogens (tertiary/aromatic N) is 2. The molecule has 0 radical (unpaired) electrons. The van der Waals surface area contributed by atoms with Crippen molar-refractivity contribution in [3.63, 3.8) is 0 Å². The molecule has 1 N–H and O–H groups in total. The smallest absolute Gasteiger partial charge is 0.221 e. The van der Waals surface area contributed by atoms with Gasteiger partial charge in [-0.05, 0) is 48.6 Å². The van der Waals surface area contributed by atoms with E-state index in [1.54, 1.807) is 14.2 Å². The summed E-state index contributed by atoms with van der Waals surface area (Å²) in [6.07, 6.45) is 5.13. The van der Waals surface area contributed by atoms with Gasteiger partial charge in [-0.2, -0.15) is 0 Å². The summed E-state index contributed by atoms with van der Waals surface area (Å²) < 4.78 is 13.0. The SMILES string of the molecule is COc1cc(OC)cc(C(CC(=O)NCCC(C)C)c2cnc3c(C)cccn23)c1. The van der Waals surface area contributed by atoms with Crippen LogP contribution in [0.5, 0.6) is 11.5 Å². The van der Waals surface area contributed by atoms with Gasteiger partial charge in [0.1, 0.15) is 17.1 Å². The van der Waals surface area contributed by atoms with Crippen molar-refractivity contribution >= 4 is 11.6 Å². The Morgan fingerprint density at radius 2 is 1.87 bits per heavy atom. The van der Waals surface area contributed by atoms with Crippen LogP contribution in [0.15, 0.2) is 42.7 Å². The summed E-state index contributed by atoms with van der Waals surface area (Å²) in [6.45, 7) is 7.02. The summed E-state index contributed by atoms with van der Waals surface area (Å²) in [7, 11) is 3.26.